The van der Waals surface area contributed by atoms with Crippen molar-refractivity contribution in [2.75, 3.05) is 11.9 Å². The fraction of sp³-hybridized carbons (Fsp3) is 0.111. The van der Waals surface area contributed by atoms with Crippen LogP contribution in [0.25, 0.3) is 16.4 Å². The van der Waals surface area contributed by atoms with Gasteiger partial charge in [-0.1, -0.05) is 30.3 Å². The van der Waals surface area contributed by atoms with Gasteiger partial charge in [-0.3, -0.25) is 9.20 Å². The summed E-state index contributed by atoms with van der Waals surface area (Å²) >= 11 is 1.74. The van der Waals surface area contributed by atoms with Gasteiger partial charge in [0.15, 0.2) is 0 Å². The molecular weight excluding hydrogens is 306 g/mol. The summed E-state index contributed by atoms with van der Waals surface area (Å²) in [6.45, 7) is 0.758. The van der Waals surface area contributed by atoms with E-state index in [1.807, 2.05) is 36.4 Å². The summed E-state index contributed by atoms with van der Waals surface area (Å²) < 4.78 is 1.59. The number of rotatable bonds is 4. The van der Waals surface area contributed by atoms with Crippen LogP contribution in [0.3, 0.4) is 0 Å². The second-order valence-electron chi connectivity index (χ2n) is 5.33. The summed E-state index contributed by atoms with van der Waals surface area (Å²) in [5.41, 5.74) is 0.619. The standard InChI is InChI=1S/C18H15N3OS/c22-17-12-16(19-9-7-14-5-3-11-23-14)20-18-15-6-2-1-4-13(15)8-10-21(17)18/h1-6,8,10-12,19H,7,9H2. The molecule has 0 aliphatic carbocycles. The van der Waals surface area contributed by atoms with E-state index in [0.717, 1.165) is 23.7 Å². The van der Waals surface area contributed by atoms with E-state index in [1.165, 1.54) is 4.88 Å². The van der Waals surface area contributed by atoms with E-state index in [0.29, 0.717) is 11.5 Å². The molecule has 0 unspecified atom stereocenters. The first-order valence-electron chi connectivity index (χ1n) is 7.49. The maximum Gasteiger partial charge on any atom is 0.259 e. The van der Waals surface area contributed by atoms with Crippen LogP contribution in [0.15, 0.2) is 64.9 Å². The fourth-order valence-corrected chi connectivity index (χ4v) is 3.39. The molecule has 0 radical (unpaired) electrons. The topological polar surface area (TPSA) is 46.4 Å². The van der Waals surface area contributed by atoms with Gasteiger partial charge >= 0.3 is 0 Å². The van der Waals surface area contributed by atoms with E-state index < -0.39 is 0 Å². The van der Waals surface area contributed by atoms with Crippen LogP contribution < -0.4 is 10.9 Å². The van der Waals surface area contributed by atoms with Crippen molar-refractivity contribution >= 4 is 33.6 Å². The molecule has 1 aromatic carbocycles. The molecule has 1 N–H and O–H groups in total. The lowest BCUT2D eigenvalue weighted by Crippen LogP contribution is -2.16. The highest BCUT2D eigenvalue weighted by Crippen LogP contribution is 2.18. The SMILES string of the molecule is O=c1cc(NCCc2cccs2)nc2c3ccccc3ccn12. The quantitative estimate of drug-likeness (QED) is 0.585. The number of anilines is 1. The van der Waals surface area contributed by atoms with Crippen molar-refractivity contribution in [3.63, 3.8) is 0 Å². The zero-order chi connectivity index (χ0) is 15.6. The summed E-state index contributed by atoms with van der Waals surface area (Å²) in [5, 5.41) is 7.39. The van der Waals surface area contributed by atoms with Crippen molar-refractivity contribution in [1.82, 2.24) is 9.38 Å². The second kappa shape index (κ2) is 5.85. The third-order valence-electron chi connectivity index (χ3n) is 3.81. The molecule has 0 aliphatic rings. The first-order chi connectivity index (χ1) is 11.3. The largest absolute Gasteiger partial charge is 0.369 e. The fourth-order valence-electron chi connectivity index (χ4n) is 2.69. The minimum atomic E-state index is -0.0700. The minimum Gasteiger partial charge on any atom is -0.369 e. The van der Waals surface area contributed by atoms with Crippen LogP contribution >= 0.6 is 11.3 Å². The second-order valence-corrected chi connectivity index (χ2v) is 6.36. The van der Waals surface area contributed by atoms with Gasteiger partial charge in [-0.05, 0) is 29.3 Å². The highest BCUT2D eigenvalue weighted by Gasteiger charge is 2.06. The molecule has 0 saturated carbocycles. The average Bonchev–Trinajstić information content (AvgIpc) is 3.08. The first kappa shape index (κ1) is 14.0. The number of fused-ring (bicyclic) bond motifs is 3. The Hall–Kier alpha value is -2.66. The Kier molecular flexibility index (Phi) is 3.55. The summed E-state index contributed by atoms with van der Waals surface area (Å²) in [4.78, 5) is 18.3. The van der Waals surface area contributed by atoms with Gasteiger partial charge in [-0.2, -0.15) is 0 Å². The van der Waals surface area contributed by atoms with Gasteiger partial charge in [0.2, 0.25) is 0 Å². The highest BCUT2D eigenvalue weighted by atomic mass is 32.1. The van der Waals surface area contributed by atoms with Crippen LogP contribution in [0, 0.1) is 0 Å². The number of hydrogen-bond acceptors (Lipinski definition) is 4. The highest BCUT2D eigenvalue weighted by molar-refractivity contribution is 7.09. The summed E-state index contributed by atoms with van der Waals surface area (Å²) in [6, 6.07) is 15.6. The lowest BCUT2D eigenvalue weighted by Gasteiger charge is -2.08. The van der Waals surface area contributed by atoms with Crippen molar-refractivity contribution in [3.05, 3.63) is 75.3 Å². The molecule has 0 atom stereocenters. The van der Waals surface area contributed by atoms with Gasteiger partial charge in [0, 0.05) is 29.1 Å². The lowest BCUT2D eigenvalue weighted by molar-refractivity contribution is 1.00. The van der Waals surface area contributed by atoms with Gasteiger partial charge in [0.05, 0.1) is 0 Å². The third kappa shape index (κ3) is 2.71. The Balaban J connectivity index is 1.70. The number of aromatic nitrogens is 2. The van der Waals surface area contributed by atoms with Crippen molar-refractivity contribution in [3.8, 4) is 0 Å². The van der Waals surface area contributed by atoms with Crippen molar-refractivity contribution < 1.29 is 0 Å². The zero-order valence-electron chi connectivity index (χ0n) is 12.4. The molecule has 23 heavy (non-hydrogen) atoms. The predicted octanol–water partition coefficient (Wildman–Crippen LogP) is 3.56. The molecule has 0 spiro atoms. The number of hydrogen-bond donors (Lipinski definition) is 1. The van der Waals surface area contributed by atoms with Gasteiger partial charge < -0.3 is 5.32 Å². The number of nitrogens with zero attached hydrogens (tertiary/aromatic N) is 2. The van der Waals surface area contributed by atoms with Crippen LogP contribution in [0.1, 0.15) is 4.88 Å². The maximum absolute atomic E-state index is 12.3. The summed E-state index contributed by atoms with van der Waals surface area (Å²) in [5.74, 6) is 0.628. The van der Waals surface area contributed by atoms with Crippen LogP contribution in [-0.2, 0) is 6.42 Å². The molecule has 0 fully saturated rings. The monoisotopic (exact) mass is 321 g/mol. The molecular formula is C18H15N3OS. The van der Waals surface area contributed by atoms with Gasteiger partial charge in [0.25, 0.3) is 5.56 Å². The zero-order valence-corrected chi connectivity index (χ0v) is 13.2. The summed E-state index contributed by atoms with van der Waals surface area (Å²) in [6.07, 6.45) is 2.71. The normalized spacial score (nSPS) is 11.1. The van der Waals surface area contributed by atoms with E-state index in [-0.39, 0.29) is 5.56 Å². The molecule has 4 nitrogen and oxygen atoms in total. The van der Waals surface area contributed by atoms with E-state index >= 15 is 0 Å². The Labute approximate surface area is 137 Å². The van der Waals surface area contributed by atoms with Crippen molar-refractivity contribution in [1.29, 1.82) is 0 Å². The van der Waals surface area contributed by atoms with Crippen molar-refractivity contribution in [2.45, 2.75) is 6.42 Å². The van der Waals surface area contributed by atoms with Crippen LogP contribution in [0.2, 0.25) is 0 Å². The molecule has 3 aromatic heterocycles. The summed E-state index contributed by atoms with van der Waals surface area (Å²) in [7, 11) is 0. The molecule has 4 aromatic rings. The van der Waals surface area contributed by atoms with Crippen molar-refractivity contribution in [2.24, 2.45) is 0 Å². The Morgan fingerprint density at radius 2 is 2.04 bits per heavy atom. The van der Waals surface area contributed by atoms with E-state index in [1.54, 1.807) is 28.0 Å². The van der Waals surface area contributed by atoms with E-state index in [9.17, 15) is 4.79 Å². The van der Waals surface area contributed by atoms with E-state index in [4.69, 9.17) is 0 Å². The van der Waals surface area contributed by atoms with Gasteiger partial charge in [0.1, 0.15) is 11.5 Å². The number of nitrogens with one attached hydrogen (secondary N) is 1. The minimum absolute atomic E-state index is 0.0700. The van der Waals surface area contributed by atoms with Crippen LogP contribution in [-0.4, -0.2) is 15.9 Å². The molecule has 3 heterocycles. The van der Waals surface area contributed by atoms with Gasteiger partial charge in [-0.25, -0.2) is 4.98 Å². The van der Waals surface area contributed by atoms with Crippen LogP contribution in [0.4, 0.5) is 5.82 Å². The predicted molar refractivity (Wildman–Crippen MR) is 95.5 cm³/mol. The van der Waals surface area contributed by atoms with Crippen LogP contribution in [0.5, 0.6) is 0 Å². The number of pyridine rings is 1. The lowest BCUT2D eigenvalue weighted by atomic mass is 10.2. The molecule has 0 saturated heterocycles. The Morgan fingerprint density at radius 3 is 2.91 bits per heavy atom. The molecule has 0 amide bonds. The first-order valence-corrected chi connectivity index (χ1v) is 8.37. The Morgan fingerprint density at radius 1 is 1.13 bits per heavy atom. The molecule has 114 valence electrons. The molecule has 4 rings (SSSR count). The Bertz CT molecular complexity index is 1020. The molecule has 0 aliphatic heterocycles. The maximum atomic E-state index is 12.3. The average molecular weight is 321 g/mol. The molecule has 5 heteroatoms. The molecule has 0 bridgehead atoms. The smallest absolute Gasteiger partial charge is 0.259 e. The third-order valence-corrected chi connectivity index (χ3v) is 4.75. The number of benzene rings is 1. The van der Waals surface area contributed by atoms with Gasteiger partial charge in [-0.15, -0.1) is 11.3 Å². The number of thiophene rings is 1. The van der Waals surface area contributed by atoms with E-state index in [2.05, 4.69) is 21.7 Å².